The van der Waals surface area contributed by atoms with Gasteiger partial charge in [0.05, 0.1) is 29.3 Å². The van der Waals surface area contributed by atoms with Crippen molar-refractivity contribution in [3.05, 3.63) is 64.9 Å². The molecule has 1 aromatic carbocycles. The molecule has 0 unspecified atom stereocenters. The number of nitrogens with one attached hydrogen (secondary N) is 1. The van der Waals surface area contributed by atoms with Crippen LogP contribution in [0, 0.1) is 24.5 Å². The molecule has 3 N–H and O–H groups in total. The van der Waals surface area contributed by atoms with Crippen LogP contribution in [0.5, 0.6) is 5.88 Å². The van der Waals surface area contributed by atoms with E-state index in [1.54, 1.807) is 27.0 Å². The highest BCUT2D eigenvalue weighted by Crippen LogP contribution is 2.66. The maximum absolute atomic E-state index is 15.1. The number of amides is 1. The lowest BCUT2D eigenvalue weighted by Crippen LogP contribution is -2.38. The van der Waals surface area contributed by atoms with Crippen molar-refractivity contribution in [2.24, 2.45) is 16.6 Å². The van der Waals surface area contributed by atoms with Crippen molar-refractivity contribution in [1.82, 2.24) is 15.1 Å². The fraction of sp³-hybridized carbons (Fsp3) is 0.375. The van der Waals surface area contributed by atoms with Gasteiger partial charge in [-0.25, -0.2) is 18.7 Å². The summed E-state index contributed by atoms with van der Waals surface area (Å²) in [4.78, 5) is 25.4. The summed E-state index contributed by atoms with van der Waals surface area (Å²) in [5, 5.41) is 6.65. The molecule has 3 heterocycles. The van der Waals surface area contributed by atoms with Crippen LogP contribution in [0.15, 0.2) is 40.1 Å². The highest BCUT2D eigenvalue weighted by molar-refractivity contribution is 8.15. The fourth-order valence-corrected chi connectivity index (χ4v) is 6.15. The van der Waals surface area contributed by atoms with Gasteiger partial charge in [0.25, 0.3) is 5.91 Å². The number of nitrogens with zero attached hydrogens (tertiary/aromatic N) is 4. The molecule has 1 aliphatic carbocycles. The van der Waals surface area contributed by atoms with Crippen LogP contribution in [-0.4, -0.2) is 44.7 Å². The first-order valence-electron chi connectivity index (χ1n) is 11.3. The molecular weight excluding hydrogens is 506 g/mol. The van der Waals surface area contributed by atoms with Crippen LogP contribution in [0.25, 0.3) is 0 Å². The maximum atomic E-state index is 15.1. The van der Waals surface area contributed by atoms with Crippen LogP contribution in [0.4, 0.5) is 14.5 Å². The van der Waals surface area contributed by atoms with Crippen LogP contribution in [0.3, 0.4) is 0 Å². The molecule has 2 aromatic heterocycles. The summed E-state index contributed by atoms with van der Waals surface area (Å²) in [6.07, 6.45) is 3.18. The van der Waals surface area contributed by atoms with Gasteiger partial charge >= 0.3 is 0 Å². The second-order valence-corrected chi connectivity index (χ2v) is 10.6. The van der Waals surface area contributed by atoms with Gasteiger partial charge in [-0.05, 0) is 26.3 Å². The highest BCUT2D eigenvalue weighted by atomic mass is 32.2. The Hall–Kier alpha value is -3.58. The van der Waals surface area contributed by atoms with E-state index in [1.165, 1.54) is 30.2 Å². The van der Waals surface area contributed by atoms with Gasteiger partial charge < -0.3 is 25.0 Å². The molecule has 37 heavy (non-hydrogen) atoms. The summed E-state index contributed by atoms with van der Waals surface area (Å²) in [6, 6.07) is 4.01. The van der Waals surface area contributed by atoms with Gasteiger partial charge in [-0.1, -0.05) is 16.9 Å². The number of methoxy groups -OCH3 is 1. The number of ether oxygens (including phenoxy) is 2. The van der Waals surface area contributed by atoms with Crippen LogP contribution >= 0.6 is 11.8 Å². The van der Waals surface area contributed by atoms with E-state index in [0.717, 1.165) is 6.07 Å². The fourth-order valence-electron chi connectivity index (χ4n) is 4.70. The first-order chi connectivity index (χ1) is 17.6. The SMILES string of the molecule is COC[C@]12C[C@H]1[C@@](C)(c1cc(NC(=O)c3cnc(OCc4cc(C)on4)cn3)cc(F)c1F)N=C(N)S2. The Labute approximate surface area is 215 Å². The van der Waals surface area contributed by atoms with Gasteiger partial charge in [-0.3, -0.25) is 9.79 Å². The molecule has 1 fully saturated rings. The molecule has 1 saturated carbocycles. The smallest absolute Gasteiger partial charge is 0.275 e. The van der Waals surface area contributed by atoms with E-state index in [4.69, 9.17) is 19.7 Å². The molecule has 0 bridgehead atoms. The van der Waals surface area contributed by atoms with Crippen molar-refractivity contribution in [1.29, 1.82) is 0 Å². The monoisotopic (exact) mass is 530 g/mol. The molecular formula is C24H24F2N6O4S. The number of benzene rings is 1. The van der Waals surface area contributed by atoms with Crippen molar-refractivity contribution in [2.75, 3.05) is 19.0 Å². The number of fused-ring (bicyclic) bond motifs is 1. The number of carbonyl (C=O) groups is 1. The number of halogens is 2. The predicted octanol–water partition coefficient (Wildman–Crippen LogP) is 3.56. The normalized spacial score (nSPS) is 24.2. The lowest BCUT2D eigenvalue weighted by molar-refractivity contribution is 0.102. The zero-order valence-corrected chi connectivity index (χ0v) is 21.1. The minimum absolute atomic E-state index is 0.00644. The van der Waals surface area contributed by atoms with E-state index in [2.05, 4.69) is 25.4 Å². The molecule has 0 spiro atoms. The highest BCUT2D eigenvalue weighted by Gasteiger charge is 2.66. The zero-order valence-electron chi connectivity index (χ0n) is 20.2. The molecule has 1 amide bonds. The average Bonchev–Trinajstić information content (AvgIpc) is 3.42. The molecule has 10 nitrogen and oxygen atoms in total. The van der Waals surface area contributed by atoms with E-state index < -0.39 is 23.1 Å². The Morgan fingerprint density at radius 1 is 1.30 bits per heavy atom. The van der Waals surface area contributed by atoms with Gasteiger partial charge in [-0.15, -0.1) is 0 Å². The van der Waals surface area contributed by atoms with Gasteiger partial charge in [0.15, 0.2) is 16.8 Å². The van der Waals surface area contributed by atoms with Gasteiger partial charge in [-0.2, -0.15) is 0 Å². The predicted molar refractivity (Wildman–Crippen MR) is 131 cm³/mol. The minimum Gasteiger partial charge on any atom is -0.470 e. The number of amidine groups is 1. The summed E-state index contributed by atoms with van der Waals surface area (Å²) in [7, 11) is 1.58. The largest absolute Gasteiger partial charge is 0.470 e. The molecule has 1 aliphatic heterocycles. The van der Waals surface area contributed by atoms with Gasteiger partial charge in [0, 0.05) is 36.4 Å². The third-order valence-electron chi connectivity index (χ3n) is 6.48. The van der Waals surface area contributed by atoms with E-state index in [-0.39, 0.29) is 45.3 Å². The first-order valence-corrected chi connectivity index (χ1v) is 12.2. The number of thioether (sulfide) groups is 1. The molecule has 0 saturated heterocycles. The molecule has 5 rings (SSSR count). The summed E-state index contributed by atoms with van der Waals surface area (Å²) >= 11 is 1.39. The Balaban J connectivity index is 1.33. The summed E-state index contributed by atoms with van der Waals surface area (Å²) in [5.74, 6) is -2.10. The molecule has 2 aliphatic rings. The Morgan fingerprint density at radius 3 is 2.78 bits per heavy atom. The standard InChI is InChI=1S/C24H24F2N6O4S/c1-12-4-14(32-36-12)10-35-19-9-28-17(8-29-19)21(33)30-13-5-15(20(26)16(25)6-13)23(2)18-7-24(18,11-34-3)37-22(27)31-23/h4-6,8-9,18H,7,10-11H2,1-3H3,(H2,27,31)(H,30,33)/t18-,23+,24+/m0/s1. The Morgan fingerprint density at radius 2 is 2.11 bits per heavy atom. The summed E-state index contributed by atoms with van der Waals surface area (Å²) < 4.78 is 45.2. The van der Waals surface area contributed by atoms with E-state index in [9.17, 15) is 9.18 Å². The first kappa shape index (κ1) is 25.1. The second-order valence-electron chi connectivity index (χ2n) is 9.19. The van der Waals surface area contributed by atoms with Crippen LogP contribution in [-0.2, 0) is 16.9 Å². The molecule has 13 heteroatoms. The maximum Gasteiger partial charge on any atom is 0.275 e. The number of aromatic nitrogens is 3. The molecule has 3 atom stereocenters. The molecule has 3 aromatic rings. The lowest BCUT2D eigenvalue weighted by atomic mass is 9.85. The topological polar surface area (TPSA) is 138 Å². The van der Waals surface area contributed by atoms with Crippen molar-refractivity contribution < 1.29 is 27.6 Å². The Bertz CT molecular complexity index is 1380. The number of anilines is 1. The van der Waals surface area contributed by atoms with E-state index in [1.807, 2.05) is 0 Å². The number of hydrogen-bond acceptors (Lipinski definition) is 10. The van der Waals surface area contributed by atoms with E-state index >= 15 is 4.39 Å². The van der Waals surface area contributed by atoms with Gasteiger partial charge in [0.1, 0.15) is 23.8 Å². The van der Waals surface area contributed by atoms with Crippen molar-refractivity contribution >= 4 is 28.5 Å². The number of aliphatic imine (C=N–C) groups is 1. The minimum atomic E-state index is -1.12. The second kappa shape index (κ2) is 9.38. The lowest BCUT2D eigenvalue weighted by Gasteiger charge is -2.34. The Kier molecular flexibility index (Phi) is 6.36. The molecule has 194 valence electrons. The number of carbonyl (C=O) groups excluding carboxylic acids is 1. The third kappa shape index (κ3) is 4.76. The van der Waals surface area contributed by atoms with Gasteiger partial charge in [0.2, 0.25) is 5.88 Å². The summed E-state index contributed by atoms with van der Waals surface area (Å²) in [5.41, 5.74) is 5.54. The number of aryl methyl sites for hydroxylation is 1. The summed E-state index contributed by atoms with van der Waals surface area (Å²) in [6.45, 7) is 4.00. The van der Waals surface area contributed by atoms with E-state index in [0.29, 0.717) is 24.5 Å². The average molecular weight is 531 g/mol. The number of nitrogens with two attached hydrogens (primary N) is 1. The van der Waals surface area contributed by atoms with Crippen LogP contribution < -0.4 is 15.8 Å². The quantitative estimate of drug-likeness (QED) is 0.448. The number of rotatable bonds is 8. The van der Waals surface area contributed by atoms with Crippen molar-refractivity contribution in [2.45, 2.75) is 37.2 Å². The van der Waals surface area contributed by atoms with Crippen LogP contribution in [0.1, 0.15) is 40.9 Å². The third-order valence-corrected chi connectivity index (χ3v) is 7.75. The van der Waals surface area contributed by atoms with Crippen molar-refractivity contribution in [3.8, 4) is 5.88 Å². The van der Waals surface area contributed by atoms with Crippen LogP contribution in [0.2, 0.25) is 0 Å². The molecule has 0 radical (unpaired) electrons. The number of hydrogen-bond donors (Lipinski definition) is 2. The van der Waals surface area contributed by atoms with Crippen molar-refractivity contribution in [3.63, 3.8) is 0 Å². The zero-order chi connectivity index (χ0) is 26.4.